The summed E-state index contributed by atoms with van der Waals surface area (Å²) in [6.07, 6.45) is 0. The maximum absolute atomic E-state index is 2.38. The molecule has 0 radical (unpaired) electrons. The van der Waals surface area contributed by atoms with Crippen LogP contribution in [0.15, 0.2) is 109 Å². The van der Waals surface area contributed by atoms with Gasteiger partial charge in [-0.15, -0.1) is 0 Å². The normalized spacial score (nSPS) is 12.4. The van der Waals surface area contributed by atoms with Crippen LogP contribution in [-0.4, -0.2) is 20.6 Å². The number of rotatable bonds is 4. The fourth-order valence-electron chi connectivity index (χ4n) is 6.52. The molecule has 0 saturated heterocycles. The van der Waals surface area contributed by atoms with Gasteiger partial charge in [-0.25, -0.2) is 0 Å². The predicted molar refractivity (Wildman–Crippen MR) is 196 cm³/mol. The van der Waals surface area contributed by atoms with Crippen LogP contribution in [0.4, 0.5) is 0 Å². The zero-order valence-electron chi connectivity index (χ0n) is 28.6. The molecule has 4 aromatic carbocycles. The molecule has 0 unspecified atom stereocenters. The second-order valence-electron chi connectivity index (χ2n) is 15.1. The van der Waals surface area contributed by atoms with Crippen molar-refractivity contribution < 1.29 is 20.4 Å². The van der Waals surface area contributed by atoms with E-state index in [1.807, 2.05) is 0 Å². The molecule has 0 bridgehead atoms. The maximum atomic E-state index is 2.38. The first-order valence-corrected chi connectivity index (χ1v) is 18.0. The summed E-state index contributed by atoms with van der Waals surface area (Å²) in [5.41, 5.74) is 5.45. The molecule has 0 aliphatic heterocycles. The monoisotopic (exact) mass is 702 g/mol. The molecular weight excluding hydrogens is 649 g/mol. The molecule has 3 heteroatoms. The first-order chi connectivity index (χ1) is 19.4. The Balaban J connectivity index is 0.000000293. The van der Waals surface area contributed by atoms with Crippen LogP contribution in [0.1, 0.15) is 83.1 Å². The molecule has 0 N–H and O–H groups in total. The summed E-state index contributed by atoms with van der Waals surface area (Å²) in [5.74, 6) is 0. The first-order valence-electron chi connectivity index (χ1n) is 15.3. The predicted octanol–water partition coefficient (Wildman–Crippen LogP) is 12.1. The van der Waals surface area contributed by atoms with Gasteiger partial charge in [0.25, 0.3) is 0 Å². The Morgan fingerprint density at radius 1 is 0.326 bits per heavy atom. The van der Waals surface area contributed by atoms with Crippen LogP contribution in [0, 0.1) is 0 Å². The Morgan fingerprint density at radius 3 is 0.814 bits per heavy atom. The maximum Gasteiger partial charge on any atom is 0 e. The average molecular weight is 703 g/mol. The van der Waals surface area contributed by atoms with E-state index in [0.717, 1.165) is 0 Å². The van der Waals surface area contributed by atoms with Crippen molar-refractivity contribution in [2.24, 2.45) is 0 Å². The van der Waals surface area contributed by atoms with Gasteiger partial charge >= 0.3 is 0 Å². The van der Waals surface area contributed by atoms with Gasteiger partial charge in [0.2, 0.25) is 0 Å². The van der Waals surface area contributed by atoms with Gasteiger partial charge in [0.15, 0.2) is 0 Å². The topological polar surface area (TPSA) is 0 Å². The quantitative estimate of drug-likeness (QED) is 0.147. The zero-order valence-corrected chi connectivity index (χ0v) is 31.9. The molecule has 43 heavy (non-hydrogen) atoms. The van der Waals surface area contributed by atoms with Crippen molar-refractivity contribution in [3.63, 3.8) is 0 Å². The van der Waals surface area contributed by atoms with E-state index in [0.29, 0.717) is 20.6 Å². The van der Waals surface area contributed by atoms with Crippen molar-refractivity contribution in [2.75, 3.05) is 0 Å². The van der Waals surface area contributed by atoms with E-state index >= 15 is 0 Å². The molecule has 0 fully saturated rings. The molecule has 4 rings (SSSR count). The minimum atomic E-state index is -0.282. The van der Waals surface area contributed by atoms with E-state index in [1.165, 1.54) is 32.9 Å². The molecule has 0 aromatic heterocycles. The number of hydrogen-bond acceptors (Lipinski definition) is 0. The van der Waals surface area contributed by atoms with Crippen LogP contribution in [0.2, 0.25) is 0 Å². The van der Waals surface area contributed by atoms with Crippen molar-refractivity contribution in [3.8, 4) is 22.3 Å². The molecule has 0 heterocycles. The summed E-state index contributed by atoms with van der Waals surface area (Å²) in [4.78, 5) is 0. The van der Waals surface area contributed by atoms with Crippen LogP contribution < -0.4 is 10.6 Å². The Labute approximate surface area is 280 Å². The fraction of sp³-hybridized carbons (Fsp3) is 0.400. The van der Waals surface area contributed by atoms with Gasteiger partial charge < -0.3 is 0 Å². The van der Waals surface area contributed by atoms with Crippen molar-refractivity contribution in [1.82, 2.24) is 0 Å². The van der Waals surface area contributed by atoms with Crippen LogP contribution in [0.5, 0.6) is 0 Å². The number of benzene rings is 4. The van der Waals surface area contributed by atoms with Gasteiger partial charge in [-0.1, -0.05) is 208 Å². The summed E-state index contributed by atoms with van der Waals surface area (Å²) < 4.78 is 0. The Morgan fingerprint density at radius 2 is 0.558 bits per heavy atom. The zero-order chi connectivity index (χ0) is 31.3. The largest absolute Gasteiger partial charge is 0.0636 e. The summed E-state index contributed by atoms with van der Waals surface area (Å²) in [5, 5.41) is 4.21. The summed E-state index contributed by atoms with van der Waals surface area (Å²) in [6, 6.07) is 39.5. The third-order valence-corrected chi connectivity index (χ3v) is 14.3. The Bertz CT molecular complexity index is 1260. The van der Waals surface area contributed by atoms with E-state index in [4.69, 9.17) is 0 Å². The third-order valence-electron chi connectivity index (χ3n) is 7.14. The summed E-state index contributed by atoms with van der Waals surface area (Å²) >= 11 is 0. The van der Waals surface area contributed by atoms with E-state index in [9.17, 15) is 0 Å². The van der Waals surface area contributed by atoms with Crippen molar-refractivity contribution in [1.29, 1.82) is 0 Å². The van der Waals surface area contributed by atoms with E-state index in [-0.39, 0.29) is 36.3 Å². The molecular formula is C40H54P2Pd. The Hall–Kier alpha value is -1.60. The fourth-order valence-corrected chi connectivity index (χ4v) is 14.8. The minimum Gasteiger partial charge on any atom is -0.0636 e. The molecule has 0 aliphatic carbocycles. The molecule has 0 saturated carbocycles. The van der Waals surface area contributed by atoms with E-state index in [2.05, 4.69) is 192 Å². The Kier molecular flexibility index (Phi) is 13.2. The van der Waals surface area contributed by atoms with Crippen LogP contribution in [0.25, 0.3) is 22.3 Å². The molecule has 0 nitrogen and oxygen atoms in total. The van der Waals surface area contributed by atoms with Crippen LogP contribution >= 0.6 is 15.8 Å². The van der Waals surface area contributed by atoms with Crippen LogP contribution in [-0.2, 0) is 20.4 Å². The number of hydrogen-bond donors (Lipinski definition) is 0. The van der Waals surface area contributed by atoms with E-state index < -0.39 is 0 Å². The van der Waals surface area contributed by atoms with Crippen molar-refractivity contribution >= 4 is 26.5 Å². The smallest absolute Gasteiger partial charge is 0 e. The average Bonchev–Trinajstić information content (AvgIpc) is 2.87. The van der Waals surface area contributed by atoms with Gasteiger partial charge in [0.05, 0.1) is 0 Å². The van der Waals surface area contributed by atoms with Gasteiger partial charge in [-0.2, -0.15) is 0 Å². The summed E-state index contributed by atoms with van der Waals surface area (Å²) in [6.45, 7) is 28.6. The van der Waals surface area contributed by atoms with Crippen molar-refractivity contribution in [2.45, 2.75) is 104 Å². The molecule has 0 atom stereocenters. The second kappa shape index (κ2) is 15.1. The van der Waals surface area contributed by atoms with Gasteiger partial charge in [-0.3, -0.25) is 0 Å². The summed E-state index contributed by atoms with van der Waals surface area (Å²) in [7, 11) is -0.565. The minimum absolute atomic E-state index is 0. The molecule has 234 valence electrons. The first kappa shape index (κ1) is 37.6. The second-order valence-corrected chi connectivity index (χ2v) is 22.8. The van der Waals surface area contributed by atoms with Gasteiger partial charge in [-0.05, 0) is 53.5 Å². The van der Waals surface area contributed by atoms with Gasteiger partial charge in [0, 0.05) is 20.4 Å². The molecule has 0 amide bonds. The molecule has 0 aliphatic rings. The third kappa shape index (κ3) is 10.2. The van der Waals surface area contributed by atoms with E-state index in [1.54, 1.807) is 0 Å². The molecule has 0 spiro atoms. The SMILES string of the molecule is CC(C)(C)P(c1ccccc1-c1ccccc1)C(C)(C)C.CC(C)(C)P(c1ccccc1-c1ccccc1)C(C)(C)C.[Pd]. The molecule has 4 aromatic rings. The standard InChI is InChI=1S/2C20H27P.Pd/c2*1-19(2,3)21(20(4,5)6)18-15-11-10-14-17(18)16-12-8-7-9-13-16;/h2*7-15H,1-6H3;. The van der Waals surface area contributed by atoms with Gasteiger partial charge in [0.1, 0.15) is 0 Å². The van der Waals surface area contributed by atoms with Crippen molar-refractivity contribution in [3.05, 3.63) is 109 Å². The van der Waals surface area contributed by atoms with Crippen LogP contribution in [0.3, 0.4) is 0 Å².